The molecule has 4 aromatic carbocycles. The number of nitrogens with zero attached hydrogens (tertiary/aromatic N) is 2. The van der Waals surface area contributed by atoms with Crippen molar-refractivity contribution < 1.29 is 4.58 Å². The van der Waals surface area contributed by atoms with E-state index in [9.17, 15) is 0 Å². The van der Waals surface area contributed by atoms with Gasteiger partial charge in [0.25, 0.3) is 0 Å². The van der Waals surface area contributed by atoms with Gasteiger partial charge in [0.15, 0.2) is 5.71 Å². The van der Waals surface area contributed by atoms with Crippen LogP contribution in [0.2, 0.25) is 0 Å². The van der Waals surface area contributed by atoms with Gasteiger partial charge < -0.3 is 4.90 Å². The van der Waals surface area contributed by atoms with E-state index in [1.54, 1.807) is 0 Å². The molecule has 0 bridgehead atoms. The van der Waals surface area contributed by atoms with E-state index in [1.807, 2.05) is 0 Å². The van der Waals surface area contributed by atoms with Gasteiger partial charge in [-0.15, -0.1) is 0 Å². The fourth-order valence-electron chi connectivity index (χ4n) is 8.49. The number of likely N-dealkylation sites (N-methyl/N-ethyl adjacent to an activating group) is 1. The van der Waals surface area contributed by atoms with Crippen LogP contribution in [0.3, 0.4) is 0 Å². The van der Waals surface area contributed by atoms with E-state index in [2.05, 4.69) is 180 Å². The average molecular weight is 616 g/mol. The lowest BCUT2D eigenvalue weighted by atomic mass is 9.79. The highest BCUT2D eigenvalue weighted by atomic mass is 15.2. The predicted molar refractivity (Wildman–Crippen MR) is 203 cm³/mol. The van der Waals surface area contributed by atoms with Gasteiger partial charge in [-0.1, -0.05) is 105 Å². The molecule has 0 N–H and O–H groups in total. The van der Waals surface area contributed by atoms with Crippen LogP contribution in [0.5, 0.6) is 0 Å². The second-order valence-corrected chi connectivity index (χ2v) is 14.5. The summed E-state index contributed by atoms with van der Waals surface area (Å²) in [7, 11) is 4.40. The number of fused-ring (bicyclic) bond motifs is 6. The van der Waals surface area contributed by atoms with Crippen LogP contribution in [-0.4, -0.2) is 24.4 Å². The number of hydrogen-bond acceptors (Lipinski definition) is 1. The molecule has 2 heteroatoms. The Bertz CT molecular complexity index is 2140. The fraction of sp³-hybridized carbons (Fsp3) is 0.267. The summed E-state index contributed by atoms with van der Waals surface area (Å²) in [5.74, 6) is 0. The van der Waals surface area contributed by atoms with Crippen molar-refractivity contribution in [2.45, 2.75) is 64.7 Å². The monoisotopic (exact) mass is 615 g/mol. The minimum Gasteiger partial charge on any atom is -0.347 e. The summed E-state index contributed by atoms with van der Waals surface area (Å²) in [6, 6.07) is 26.6. The Balaban J connectivity index is 1.08. The Kier molecular flexibility index (Phi) is 7.79. The zero-order valence-electron chi connectivity index (χ0n) is 29.1. The molecule has 0 saturated heterocycles. The number of benzene rings is 4. The molecule has 2 aliphatic heterocycles. The molecule has 2 heterocycles. The van der Waals surface area contributed by atoms with Crippen molar-refractivity contribution >= 4 is 38.6 Å². The van der Waals surface area contributed by atoms with Gasteiger partial charge in [-0.3, -0.25) is 0 Å². The molecule has 4 aromatic rings. The molecule has 3 aliphatic rings. The fourth-order valence-corrected chi connectivity index (χ4v) is 8.49. The average Bonchev–Trinajstić information content (AvgIpc) is 3.39. The smallest absolute Gasteiger partial charge is 0.210 e. The van der Waals surface area contributed by atoms with Crippen LogP contribution < -0.4 is 4.90 Å². The van der Waals surface area contributed by atoms with E-state index in [4.69, 9.17) is 0 Å². The minimum absolute atomic E-state index is 0.0635. The molecule has 0 saturated carbocycles. The van der Waals surface area contributed by atoms with Crippen LogP contribution in [-0.2, 0) is 10.8 Å². The van der Waals surface area contributed by atoms with Crippen LogP contribution in [0.15, 0.2) is 144 Å². The van der Waals surface area contributed by atoms with Crippen molar-refractivity contribution in [2.24, 2.45) is 0 Å². The molecule has 0 spiro atoms. The van der Waals surface area contributed by atoms with E-state index in [-0.39, 0.29) is 10.8 Å². The second kappa shape index (κ2) is 11.8. The van der Waals surface area contributed by atoms with Gasteiger partial charge in [0.05, 0.1) is 5.41 Å². The molecule has 236 valence electrons. The largest absolute Gasteiger partial charge is 0.347 e. The molecule has 0 fully saturated rings. The van der Waals surface area contributed by atoms with Crippen LogP contribution >= 0.6 is 0 Å². The quantitative estimate of drug-likeness (QED) is 0.160. The number of anilines is 1. The summed E-state index contributed by atoms with van der Waals surface area (Å²) in [5.41, 5.74) is 12.3. The summed E-state index contributed by atoms with van der Waals surface area (Å²) >= 11 is 0. The van der Waals surface area contributed by atoms with Gasteiger partial charge in [-0.2, -0.15) is 4.58 Å². The minimum atomic E-state index is -0.0635. The zero-order valence-corrected chi connectivity index (χ0v) is 29.1. The number of hydrogen-bond donors (Lipinski definition) is 0. The molecule has 1 aliphatic carbocycles. The van der Waals surface area contributed by atoms with E-state index in [0.29, 0.717) is 0 Å². The Labute approximate surface area is 281 Å². The molecule has 7 rings (SSSR count). The van der Waals surface area contributed by atoms with Crippen LogP contribution in [0.4, 0.5) is 11.4 Å². The number of rotatable bonds is 5. The Morgan fingerprint density at radius 2 is 1.32 bits per heavy atom. The first-order valence-corrected chi connectivity index (χ1v) is 17.1. The molecule has 0 radical (unpaired) electrons. The first kappa shape index (κ1) is 30.9. The molecule has 0 atom stereocenters. The first-order chi connectivity index (χ1) is 22.6. The Morgan fingerprint density at radius 3 is 2.06 bits per heavy atom. The topological polar surface area (TPSA) is 6.25 Å². The van der Waals surface area contributed by atoms with Crippen molar-refractivity contribution in [1.29, 1.82) is 0 Å². The zero-order chi connectivity index (χ0) is 32.9. The van der Waals surface area contributed by atoms with Gasteiger partial charge in [0.2, 0.25) is 5.69 Å². The normalized spacial score (nSPS) is 20.8. The van der Waals surface area contributed by atoms with E-state index >= 15 is 0 Å². The van der Waals surface area contributed by atoms with Crippen LogP contribution in [0, 0.1) is 0 Å². The summed E-state index contributed by atoms with van der Waals surface area (Å²) in [6.07, 6.45) is 21.6. The molecule has 0 aromatic heterocycles. The third kappa shape index (κ3) is 5.15. The summed E-state index contributed by atoms with van der Waals surface area (Å²) in [6.45, 7) is 11.7. The lowest BCUT2D eigenvalue weighted by molar-refractivity contribution is -0.401. The summed E-state index contributed by atoms with van der Waals surface area (Å²) < 4.78 is 2.37. The highest BCUT2D eigenvalue weighted by Crippen LogP contribution is 2.50. The summed E-state index contributed by atoms with van der Waals surface area (Å²) in [5, 5.41) is 5.32. The molecule has 0 amide bonds. The highest BCUT2D eigenvalue weighted by Gasteiger charge is 2.44. The van der Waals surface area contributed by atoms with Crippen LogP contribution in [0.25, 0.3) is 21.5 Å². The number of allylic oxidation sites excluding steroid dienone is 12. The molecule has 2 nitrogen and oxygen atoms in total. The van der Waals surface area contributed by atoms with Gasteiger partial charge in [0.1, 0.15) is 7.05 Å². The maximum absolute atomic E-state index is 2.37. The van der Waals surface area contributed by atoms with Crippen molar-refractivity contribution in [3.05, 3.63) is 155 Å². The van der Waals surface area contributed by atoms with Crippen molar-refractivity contribution in [1.82, 2.24) is 0 Å². The molecule has 0 unspecified atom stereocenters. The van der Waals surface area contributed by atoms with Crippen molar-refractivity contribution in [2.75, 3.05) is 19.0 Å². The highest BCUT2D eigenvalue weighted by molar-refractivity contribution is 6.07. The molecular weight excluding hydrogens is 569 g/mol. The SMILES string of the molecule is CC1=C(/C=C/C=C/C2=[N+](C)c3ccc4ccccc4c3C2(C)C)CCC\C1=C/C=C/C=C1/N(C)c2ccc3ccccc3c2C1(C)C. The third-order valence-corrected chi connectivity index (χ3v) is 11.0. The van der Waals surface area contributed by atoms with E-state index in [0.717, 1.165) is 12.8 Å². The molecule has 47 heavy (non-hydrogen) atoms. The lowest BCUT2D eigenvalue weighted by Gasteiger charge is -2.24. The second-order valence-electron chi connectivity index (χ2n) is 14.5. The van der Waals surface area contributed by atoms with E-state index in [1.165, 1.54) is 78.6 Å². The third-order valence-electron chi connectivity index (χ3n) is 11.0. The lowest BCUT2D eigenvalue weighted by Crippen LogP contribution is -2.26. The molecular formula is C45H47N2+. The first-order valence-electron chi connectivity index (χ1n) is 17.1. The van der Waals surface area contributed by atoms with Crippen molar-refractivity contribution in [3.63, 3.8) is 0 Å². The maximum atomic E-state index is 2.37. The van der Waals surface area contributed by atoms with Gasteiger partial charge >= 0.3 is 0 Å². The predicted octanol–water partition coefficient (Wildman–Crippen LogP) is 11.4. The van der Waals surface area contributed by atoms with Crippen LogP contribution in [0.1, 0.15) is 65.0 Å². The van der Waals surface area contributed by atoms with Gasteiger partial charge in [0, 0.05) is 41.6 Å². The Morgan fingerprint density at radius 1 is 0.681 bits per heavy atom. The summed E-state index contributed by atoms with van der Waals surface area (Å²) in [4.78, 5) is 2.37. The van der Waals surface area contributed by atoms with E-state index < -0.39 is 0 Å². The standard InChI is InChI=1S/C45H47N2/c1-31-32(17-10-14-25-40-44(2,3)42-36-23-12-8-19-34(36)27-29-38(42)46(40)6)21-16-22-33(31)18-11-15-26-41-45(4,5)43-37-24-13-9-20-35(37)28-30-39(43)47(41)7/h8-15,17-20,23-30H,16,21-22H2,1-7H3/q+1. The van der Waals surface area contributed by atoms with Crippen molar-refractivity contribution in [3.8, 4) is 0 Å². The Hall–Kier alpha value is -4.69. The maximum Gasteiger partial charge on any atom is 0.210 e. The van der Waals surface area contributed by atoms with Gasteiger partial charge in [-0.25, -0.2) is 0 Å². The van der Waals surface area contributed by atoms with Gasteiger partial charge in [-0.05, 0) is 102 Å².